The van der Waals surface area contributed by atoms with Gasteiger partial charge in [-0.1, -0.05) is 27.2 Å². The second kappa shape index (κ2) is 4.43. The SMILES string of the molecule is CC(C)CC1C(=O)NC(=O)CC12CCC(C)C2. The van der Waals surface area contributed by atoms with E-state index in [9.17, 15) is 9.59 Å². The number of hydrogen-bond acceptors (Lipinski definition) is 2. The maximum absolute atomic E-state index is 12.1. The van der Waals surface area contributed by atoms with E-state index in [0.717, 1.165) is 25.7 Å². The van der Waals surface area contributed by atoms with Gasteiger partial charge in [-0.15, -0.1) is 0 Å². The van der Waals surface area contributed by atoms with Crippen molar-refractivity contribution in [2.24, 2.45) is 23.2 Å². The van der Waals surface area contributed by atoms with Crippen molar-refractivity contribution < 1.29 is 9.59 Å². The molecule has 1 saturated carbocycles. The van der Waals surface area contributed by atoms with Crippen LogP contribution in [-0.4, -0.2) is 11.8 Å². The normalized spacial score (nSPS) is 37.9. The van der Waals surface area contributed by atoms with Gasteiger partial charge in [-0.2, -0.15) is 0 Å². The van der Waals surface area contributed by atoms with Crippen molar-refractivity contribution in [2.45, 2.75) is 52.9 Å². The molecule has 17 heavy (non-hydrogen) atoms. The topological polar surface area (TPSA) is 46.2 Å². The summed E-state index contributed by atoms with van der Waals surface area (Å²) in [6.45, 7) is 6.53. The van der Waals surface area contributed by atoms with Crippen molar-refractivity contribution in [3.63, 3.8) is 0 Å². The molecule has 3 heteroatoms. The van der Waals surface area contributed by atoms with Crippen LogP contribution in [0.5, 0.6) is 0 Å². The van der Waals surface area contributed by atoms with E-state index in [1.807, 2.05) is 0 Å². The number of carbonyl (C=O) groups is 2. The standard InChI is InChI=1S/C14H23NO2/c1-9(2)6-11-13(17)15-12(16)8-14(11)5-4-10(3)7-14/h9-11H,4-8H2,1-3H3,(H,15,16,17). The zero-order valence-corrected chi connectivity index (χ0v) is 11.1. The highest BCUT2D eigenvalue weighted by Gasteiger charge is 2.51. The molecule has 1 heterocycles. The molecule has 2 amide bonds. The Kier molecular flexibility index (Phi) is 3.28. The fraction of sp³-hybridized carbons (Fsp3) is 0.857. The largest absolute Gasteiger partial charge is 0.296 e. The highest BCUT2D eigenvalue weighted by molar-refractivity contribution is 5.99. The van der Waals surface area contributed by atoms with Gasteiger partial charge in [0.1, 0.15) is 0 Å². The Morgan fingerprint density at radius 3 is 2.65 bits per heavy atom. The lowest BCUT2D eigenvalue weighted by atomic mass is 9.66. The van der Waals surface area contributed by atoms with Crippen LogP contribution in [-0.2, 0) is 9.59 Å². The lowest BCUT2D eigenvalue weighted by molar-refractivity contribution is -0.144. The van der Waals surface area contributed by atoms with E-state index < -0.39 is 0 Å². The number of imide groups is 1. The Labute approximate surface area is 103 Å². The summed E-state index contributed by atoms with van der Waals surface area (Å²) in [6.07, 6.45) is 4.72. The molecule has 1 aliphatic heterocycles. The van der Waals surface area contributed by atoms with Crippen LogP contribution in [0.25, 0.3) is 0 Å². The van der Waals surface area contributed by atoms with Gasteiger partial charge in [0.15, 0.2) is 0 Å². The first-order valence-electron chi connectivity index (χ1n) is 6.76. The minimum Gasteiger partial charge on any atom is -0.296 e. The van der Waals surface area contributed by atoms with Crippen LogP contribution >= 0.6 is 0 Å². The van der Waals surface area contributed by atoms with Crippen molar-refractivity contribution >= 4 is 11.8 Å². The third-order valence-electron chi connectivity index (χ3n) is 4.43. The average molecular weight is 237 g/mol. The van der Waals surface area contributed by atoms with E-state index in [4.69, 9.17) is 0 Å². The predicted molar refractivity (Wildman–Crippen MR) is 66.2 cm³/mol. The van der Waals surface area contributed by atoms with E-state index in [2.05, 4.69) is 26.1 Å². The fourth-order valence-corrected chi connectivity index (χ4v) is 3.73. The van der Waals surface area contributed by atoms with E-state index in [-0.39, 0.29) is 23.1 Å². The summed E-state index contributed by atoms with van der Waals surface area (Å²) >= 11 is 0. The number of amides is 2. The second-order valence-corrected chi connectivity index (χ2v) is 6.48. The molecule has 3 atom stereocenters. The molecule has 96 valence electrons. The molecule has 0 bridgehead atoms. The summed E-state index contributed by atoms with van der Waals surface area (Å²) in [5.41, 5.74) is -0.0247. The van der Waals surface area contributed by atoms with Gasteiger partial charge in [-0.3, -0.25) is 14.9 Å². The Morgan fingerprint density at radius 2 is 2.12 bits per heavy atom. The highest BCUT2D eigenvalue weighted by atomic mass is 16.2. The fourth-order valence-electron chi connectivity index (χ4n) is 3.73. The molecule has 1 N–H and O–H groups in total. The van der Waals surface area contributed by atoms with Crippen LogP contribution in [0.4, 0.5) is 0 Å². The maximum Gasteiger partial charge on any atom is 0.230 e. The van der Waals surface area contributed by atoms with Crippen molar-refractivity contribution in [2.75, 3.05) is 0 Å². The van der Waals surface area contributed by atoms with Crippen LogP contribution < -0.4 is 5.32 Å². The Bertz CT molecular complexity index is 337. The van der Waals surface area contributed by atoms with Gasteiger partial charge in [0.25, 0.3) is 0 Å². The molecule has 3 unspecified atom stereocenters. The third-order valence-corrected chi connectivity index (χ3v) is 4.43. The molecule has 0 aromatic rings. The molecular weight excluding hydrogens is 214 g/mol. The zero-order chi connectivity index (χ0) is 12.6. The quantitative estimate of drug-likeness (QED) is 0.750. The summed E-state index contributed by atoms with van der Waals surface area (Å²) < 4.78 is 0. The molecule has 1 spiro atoms. The van der Waals surface area contributed by atoms with Gasteiger partial charge in [-0.25, -0.2) is 0 Å². The summed E-state index contributed by atoms with van der Waals surface area (Å²) in [6, 6.07) is 0. The number of rotatable bonds is 2. The van der Waals surface area contributed by atoms with Crippen LogP contribution in [0.1, 0.15) is 52.9 Å². The predicted octanol–water partition coefficient (Wildman–Crippen LogP) is 2.50. The first-order valence-corrected chi connectivity index (χ1v) is 6.76. The summed E-state index contributed by atoms with van der Waals surface area (Å²) in [5.74, 6) is 1.12. The molecule has 1 saturated heterocycles. The number of piperidine rings is 1. The Balaban J connectivity index is 2.24. The van der Waals surface area contributed by atoms with Gasteiger partial charge < -0.3 is 0 Å². The minimum atomic E-state index is -0.0656. The van der Waals surface area contributed by atoms with Gasteiger partial charge in [0.05, 0.1) is 0 Å². The van der Waals surface area contributed by atoms with Gasteiger partial charge in [-0.05, 0) is 36.5 Å². The zero-order valence-electron chi connectivity index (χ0n) is 11.1. The van der Waals surface area contributed by atoms with Crippen molar-refractivity contribution in [1.29, 1.82) is 0 Å². The van der Waals surface area contributed by atoms with Gasteiger partial charge in [0, 0.05) is 12.3 Å². The molecule has 0 aromatic heterocycles. The van der Waals surface area contributed by atoms with Crippen LogP contribution in [0, 0.1) is 23.2 Å². The van der Waals surface area contributed by atoms with E-state index >= 15 is 0 Å². The molecule has 1 aliphatic carbocycles. The average Bonchev–Trinajstić information content (AvgIpc) is 2.54. The first-order chi connectivity index (χ1) is 7.93. The second-order valence-electron chi connectivity index (χ2n) is 6.48. The molecule has 2 aliphatic rings. The molecule has 3 nitrogen and oxygen atoms in total. The molecule has 0 aromatic carbocycles. The molecular formula is C14H23NO2. The molecule has 2 fully saturated rings. The van der Waals surface area contributed by atoms with Gasteiger partial charge in [0.2, 0.25) is 11.8 Å². The monoisotopic (exact) mass is 237 g/mol. The smallest absolute Gasteiger partial charge is 0.230 e. The summed E-state index contributed by atoms with van der Waals surface area (Å²) in [5, 5.41) is 2.52. The van der Waals surface area contributed by atoms with Gasteiger partial charge >= 0.3 is 0 Å². The van der Waals surface area contributed by atoms with Crippen LogP contribution in [0.15, 0.2) is 0 Å². The summed E-state index contributed by atoms with van der Waals surface area (Å²) in [4.78, 5) is 23.7. The maximum atomic E-state index is 12.1. The highest BCUT2D eigenvalue weighted by Crippen LogP contribution is 2.52. The Morgan fingerprint density at radius 1 is 1.41 bits per heavy atom. The first kappa shape index (κ1) is 12.6. The van der Waals surface area contributed by atoms with Crippen LogP contribution in [0.3, 0.4) is 0 Å². The molecule has 2 rings (SSSR count). The minimum absolute atomic E-state index is 0.0240. The van der Waals surface area contributed by atoms with E-state index in [0.29, 0.717) is 18.3 Å². The van der Waals surface area contributed by atoms with Crippen LogP contribution in [0.2, 0.25) is 0 Å². The Hall–Kier alpha value is -0.860. The molecule has 0 radical (unpaired) electrons. The van der Waals surface area contributed by atoms with Crippen molar-refractivity contribution in [1.82, 2.24) is 5.32 Å². The lowest BCUT2D eigenvalue weighted by Gasteiger charge is -2.40. The number of carbonyl (C=O) groups excluding carboxylic acids is 2. The summed E-state index contributed by atoms with van der Waals surface area (Å²) in [7, 11) is 0. The number of hydrogen-bond donors (Lipinski definition) is 1. The van der Waals surface area contributed by atoms with Crippen molar-refractivity contribution in [3.8, 4) is 0 Å². The van der Waals surface area contributed by atoms with E-state index in [1.165, 1.54) is 0 Å². The lowest BCUT2D eigenvalue weighted by Crippen LogP contribution is -2.51. The van der Waals surface area contributed by atoms with Crippen molar-refractivity contribution in [3.05, 3.63) is 0 Å². The number of nitrogens with one attached hydrogen (secondary N) is 1. The van der Waals surface area contributed by atoms with E-state index in [1.54, 1.807) is 0 Å². The third kappa shape index (κ3) is 2.38.